The van der Waals surface area contributed by atoms with Crippen molar-refractivity contribution < 1.29 is 14.6 Å². The Labute approximate surface area is 103 Å². The van der Waals surface area contributed by atoms with Crippen LogP contribution in [0, 0.1) is 5.92 Å². The minimum atomic E-state index is 0.122. The molecule has 1 saturated heterocycles. The summed E-state index contributed by atoms with van der Waals surface area (Å²) in [4.78, 5) is 13.7. The molecule has 0 spiro atoms. The highest BCUT2D eigenvalue weighted by atomic mass is 16.5. The molecule has 0 aromatic rings. The van der Waals surface area contributed by atoms with Crippen LogP contribution < -0.4 is 5.32 Å². The van der Waals surface area contributed by atoms with Crippen LogP contribution in [-0.2, 0) is 9.53 Å². The number of ether oxygens (including phenoxy) is 1. The van der Waals surface area contributed by atoms with Crippen molar-refractivity contribution in [3.05, 3.63) is 0 Å². The van der Waals surface area contributed by atoms with Crippen molar-refractivity contribution in [1.29, 1.82) is 0 Å². The molecule has 1 aliphatic heterocycles. The zero-order chi connectivity index (χ0) is 12.7. The van der Waals surface area contributed by atoms with Crippen LogP contribution in [0.25, 0.3) is 0 Å². The van der Waals surface area contributed by atoms with E-state index in [-0.39, 0.29) is 18.6 Å². The van der Waals surface area contributed by atoms with E-state index in [1.54, 1.807) is 0 Å². The van der Waals surface area contributed by atoms with E-state index in [2.05, 4.69) is 19.2 Å². The molecule has 0 aliphatic carbocycles. The van der Waals surface area contributed by atoms with Gasteiger partial charge in [0.2, 0.25) is 5.91 Å². The molecule has 1 fully saturated rings. The molecule has 1 aliphatic rings. The zero-order valence-electron chi connectivity index (χ0n) is 10.8. The molecule has 1 unspecified atom stereocenters. The molecule has 1 heterocycles. The second-order valence-corrected chi connectivity index (χ2v) is 4.74. The van der Waals surface area contributed by atoms with Gasteiger partial charge in [-0.25, -0.2) is 0 Å². The lowest BCUT2D eigenvalue weighted by Gasteiger charge is -2.28. The Balaban J connectivity index is 2.29. The van der Waals surface area contributed by atoms with Gasteiger partial charge in [-0.3, -0.25) is 4.79 Å². The monoisotopic (exact) mass is 244 g/mol. The van der Waals surface area contributed by atoms with Gasteiger partial charge in [0, 0.05) is 25.7 Å². The highest BCUT2D eigenvalue weighted by Gasteiger charge is 2.19. The average molecular weight is 244 g/mol. The summed E-state index contributed by atoms with van der Waals surface area (Å²) in [6.45, 7) is 7.33. The van der Waals surface area contributed by atoms with E-state index in [0.717, 1.165) is 0 Å². The van der Waals surface area contributed by atoms with Gasteiger partial charge in [-0.05, 0) is 12.3 Å². The summed E-state index contributed by atoms with van der Waals surface area (Å²) in [5, 5.41) is 12.2. The minimum Gasteiger partial charge on any atom is -0.396 e. The van der Waals surface area contributed by atoms with Gasteiger partial charge in [0.05, 0.1) is 19.8 Å². The van der Waals surface area contributed by atoms with E-state index in [0.29, 0.717) is 45.2 Å². The van der Waals surface area contributed by atoms with Gasteiger partial charge < -0.3 is 20.1 Å². The number of carbonyl (C=O) groups excluding carboxylic acids is 1. The lowest BCUT2D eigenvalue weighted by molar-refractivity contribution is -0.134. The molecule has 1 amide bonds. The Morgan fingerprint density at radius 2 is 2.06 bits per heavy atom. The Morgan fingerprint density at radius 1 is 1.41 bits per heavy atom. The normalized spacial score (nSPS) is 18.5. The number of rotatable bonds is 6. The number of aliphatic hydroxyl groups is 1. The van der Waals surface area contributed by atoms with Crippen molar-refractivity contribution in [2.75, 3.05) is 39.5 Å². The third-order valence-corrected chi connectivity index (χ3v) is 3.12. The molecule has 0 saturated carbocycles. The van der Waals surface area contributed by atoms with E-state index < -0.39 is 0 Å². The maximum atomic E-state index is 11.9. The van der Waals surface area contributed by atoms with Crippen LogP contribution >= 0.6 is 0 Å². The summed E-state index contributed by atoms with van der Waals surface area (Å²) in [6.07, 6.45) is 0.689. The minimum absolute atomic E-state index is 0.122. The van der Waals surface area contributed by atoms with Crippen molar-refractivity contribution in [2.45, 2.75) is 26.3 Å². The predicted octanol–water partition coefficient (Wildman–Crippen LogP) is -0.158. The molecule has 17 heavy (non-hydrogen) atoms. The first-order valence-electron chi connectivity index (χ1n) is 6.35. The molecule has 0 bridgehead atoms. The summed E-state index contributed by atoms with van der Waals surface area (Å²) in [7, 11) is 0. The SMILES string of the molecule is CC(C)C(CCO)NCC(=O)N1CCOCC1. The fourth-order valence-corrected chi connectivity index (χ4v) is 1.95. The maximum Gasteiger partial charge on any atom is 0.236 e. The van der Waals surface area contributed by atoms with E-state index in [4.69, 9.17) is 9.84 Å². The molecular formula is C12H24N2O3. The largest absolute Gasteiger partial charge is 0.396 e. The first-order valence-corrected chi connectivity index (χ1v) is 6.35. The summed E-state index contributed by atoms with van der Waals surface area (Å²) in [6, 6.07) is 0.199. The highest BCUT2D eigenvalue weighted by Crippen LogP contribution is 2.05. The first-order chi connectivity index (χ1) is 8.15. The number of hydrogen-bond donors (Lipinski definition) is 2. The Morgan fingerprint density at radius 3 is 2.59 bits per heavy atom. The fraction of sp³-hybridized carbons (Fsp3) is 0.917. The predicted molar refractivity (Wildman–Crippen MR) is 65.7 cm³/mol. The number of amides is 1. The molecule has 0 aromatic heterocycles. The van der Waals surface area contributed by atoms with Gasteiger partial charge in [0.15, 0.2) is 0 Å². The van der Waals surface area contributed by atoms with Crippen LogP contribution in [0.4, 0.5) is 0 Å². The molecule has 5 nitrogen and oxygen atoms in total. The number of hydrogen-bond acceptors (Lipinski definition) is 4. The van der Waals surface area contributed by atoms with Crippen LogP contribution in [0.3, 0.4) is 0 Å². The quantitative estimate of drug-likeness (QED) is 0.682. The average Bonchev–Trinajstić information content (AvgIpc) is 2.34. The molecule has 5 heteroatoms. The topological polar surface area (TPSA) is 61.8 Å². The number of carbonyl (C=O) groups is 1. The lowest BCUT2D eigenvalue weighted by Crippen LogP contribution is -2.47. The van der Waals surface area contributed by atoms with Gasteiger partial charge in [0.25, 0.3) is 0 Å². The van der Waals surface area contributed by atoms with Crippen LogP contribution in [0.15, 0.2) is 0 Å². The van der Waals surface area contributed by atoms with Gasteiger partial charge in [-0.2, -0.15) is 0 Å². The standard InChI is InChI=1S/C12H24N2O3/c1-10(2)11(3-6-15)13-9-12(16)14-4-7-17-8-5-14/h10-11,13,15H,3-9H2,1-2H3. The molecule has 0 radical (unpaired) electrons. The van der Waals surface area contributed by atoms with Crippen molar-refractivity contribution in [3.63, 3.8) is 0 Å². The number of nitrogens with one attached hydrogen (secondary N) is 1. The molecule has 1 atom stereocenters. The van der Waals surface area contributed by atoms with Crippen molar-refractivity contribution >= 4 is 5.91 Å². The van der Waals surface area contributed by atoms with Crippen LogP contribution in [0.5, 0.6) is 0 Å². The molecule has 0 aromatic carbocycles. The fourth-order valence-electron chi connectivity index (χ4n) is 1.95. The van der Waals surface area contributed by atoms with E-state index in [1.165, 1.54) is 0 Å². The molecule has 1 rings (SSSR count). The molecule has 100 valence electrons. The number of nitrogens with zero attached hydrogens (tertiary/aromatic N) is 1. The highest BCUT2D eigenvalue weighted by molar-refractivity contribution is 5.78. The van der Waals surface area contributed by atoms with Crippen molar-refractivity contribution in [3.8, 4) is 0 Å². The summed E-state index contributed by atoms with van der Waals surface area (Å²) in [5.41, 5.74) is 0. The van der Waals surface area contributed by atoms with E-state index >= 15 is 0 Å². The first kappa shape index (κ1) is 14.4. The summed E-state index contributed by atoms with van der Waals surface area (Å²) >= 11 is 0. The summed E-state index contributed by atoms with van der Waals surface area (Å²) in [5.74, 6) is 0.538. The lowest BCUT2D eigenvalue weighted by atomic mass is 10.0. The van der Waals surface area contributed by atoms with Crippen LogP contribution in [-0.4, -0.2) is 61.4 Å². The smallest absolute Gasteiger partial charge is 0.236 e. The molecular weight excluding hydrogens is 220 g/mol. The van der Waals surface area contributed by atoms with Gasteiger partial charge in [-0.1, -0.05) is 13.8 Å². The van der Waals surface area contributed by atoms with Gasteiger partial charge in [0.1, 0.15) is 0 Å². The third kappa shape index (κ3) is 5.02. The van der Waals surface area contributed by atoms with Crippen LogP contribution in [0.2, 0.25) is 0 Å². The second-order valence-electron chi connectivity index (χ2n) is 4.74. The third-order valence-electron chi connectivity index (χ3n) is 3.12. The maximum absolute atomic E-state index is 11.9. The Bertz CT molecular complexity index is 228. The number of morpholine rings is 1. The Kier molecular flexibility index (Phi) is 6.47. The summed E-state index contributed by atoms with van der Waals surface area (Å²) < 4.78 is 5.20. The van der Waals surface area contributed by atoms with Gasteiger partial charge >= 0.3 is 0 Å². The molecule has 2 N–H and O–H groups in total. The van der Waals surface area contributed by atoms with Crippen LogP contribution in [0.1, 0.15) is 20.3 Å². The van der Waals surface area contributed by atoms with Crippen molar-refractivity contribution in [2.24, 2.45) is 5.92 Å². The zero-order valence-corrected chi connectivity index (χ0v) is 10.8. The van der Waals surface area contributed by atoms with Gasteiger partial charge in [-0.15, -0.1) is 0 Å². The Hall–Kier alpha value is -0.650. The van der Waals surface area contributed by atoms with Crippen molar-refractivity contribution in [1.82, 2.24) is 10.2 Å². The number of aliphatic hydroxyl groups excluding tert-OH is 1. The second kappa shape index (κ2) is 7.63. The van der Waals surface area contributed by atoms with E-state index in [1.807, 2.05) is 4.90 Å². The van der Waals surface area contributed by atoms with E-state index in [9.17, 15) is 4.79 Å².